The quantitative estimate of drug-likeness (QED) is 0.126. The first-order valence-corrected chi connectivity index (χ1v) is 15.8. The van der Waals surface area contributed by atoms with Crippen molar-refractivity contribution in [2.45, 2.75) is 20.3 Å². The minimum absolute atomic E-state index is 0.225. The molecule has 5 aromatic carbocycles. The Kier molecular flexibility index (Phi) is 9.16. The molecule has 8 nitrogen and oxygen atoms in total. The van der Waals surface area contributed by atoms with Gasteiger partial charge in [-0.05, 0) is 85.5 Å². The van der Waals surface area contributed by atoms with Crippen LogP contribution < -0.4 is 15.0 Å². The van der Waals surface area contributed by atoms with E-state index in [0.717, 1.165) is 22.3 Å². The van der Waals surface area contributed by atoms with Gasteiger partial charge in [0.1, 0.15) is 5.75 Å². The lowest BCUT2D eigenvalue weighted by Gasteiger charge is -2.22. The predicted octanol–water partition coefficient (Wildman–Crippen LogP) is 7.56. The third-order valence-electron chi connectivity index (χ3n) is 8.45. The first kappa shape index (κ1) is 31.9. The number of benzene rings is 5. The molecule has 0 unspecified atom stereocenters. The Morgan fingerprint density at radius 3 is 2.06 bits per heavy atom. The molecule has 0 spiro atoms. The number of nitrogens with one attached hydrogen (secondary N) is 1. The molecule has 0 radical (unpaired) electrons. The van der Waals surface area contributed by atoms with Crippen LogP contribution in [0.1, 0.15) is 59.0 Å². The van der Waals surface area contributed by atoms with E-state index in [1.54, 1.807) is 67.7 Å². The highest BCUT2D eigenvalue weighted by atomic mass is 16.5. The monoisotopic (exact) mass is 637 g/mol. The topological polar surface area (TPSA) is 96.0 Å². The van der Waals surface area contributed by atoms with Crippen LogP contribution in [0.3, 0.4) is 0 Å². The molecule has 4 amide bonds. The molecule has 0 saturated heterocycles. The number of para-hydroxylation sites is 2. The zero-order chi connectivity index (χ0) is 33.8. The van der Waals surface area contributed by atoms with Crippen LogP contribution in [-0.4, -0.2) is 48.7 Å². The number of hydrogen-bond donors (Lipinski definition) is 1. The number of carbonyl (C=O) groups excluding carboxylic acids is 4. The average Bonchev–Trinajstić information content (AvgIpc) is 3.35. The Morgan fingerprint density at radius 1 is 0.750 bits per heavy atom. The summed E-state index contributed by atoms with van der Waals surface area (Å²) in [5.41, 5.74) is 6.72. The number of imide groups is 1. The van der Waals surface area contributed by atoms with Gasteiger partial charge in [0.15, 0.2) is 0 Å². The van der Waals surface area contributed by atoms with E-state index in [9.17, 15) is 19.2 Å². The highest BCUT2D eigenvalue weighted by Gasteiger charge is 2.34. The molecule has 6 rings (SSSR count). The van der Waals surface area contributed by atoms with E-state index in [4.69, 9.17) is 4.74 Å². The van der Waals surface area contributed by atoms with Gasteiger partial charge in [0, 0.05) is 30.4 Å². The van der Waals surface area contributed by atoms with Crippen molar-refractivity contribution in [3.8, 4) is 16.9 Å². The number of nitrogens with zero attached hydrogens (tertiary/aromatic N) is 2. The van der Waals surface area contributed by atoms with Crippen molar-refractivity contribution in [1.29, 1.82) is 0 Å². The number of rotatable bonds is 10. The second-order valence-corrected chi connectivity index (χ2v) is 11.7. The second kappa shape index (κ2) is 13.8. The van der Waals surface area contributed by atoms with Crippen LogP contribution in [0, 0.1) is 13.8 Å². The zero-order valence-corrected chi connectivity index (χ0v) is 27.0. The number of anilines is 2. The van der Waals surface area contributed by atoms with Crippen LogP contribution in [0.25, 0.3) is 11.1 Å². The molecular weight excluding hydrogens is 602 g/mol. The van der Waals surface area contributed by atoms with Gasteiger partial charge < -0.3 is 15.0 Å². The van der Waals surface area contributed by atoms with E-state index in [1.807, 2.05) is 68.4 Å². The molecule has 0 saturated carbocycles. The summed E-state index contributed by atoms with van der Waals surface area (Å²) in [7, 11) is 1.68. The standard InChI is InChI=1S/C40H35N3O5/c1-26-17-19-28(20-18-26)30-11-4-5-12-31(30)37(44)41-34-22-21-29(25-27(34)2)38(45)42(3)35-15-8-9-16-36(35)48-24-10-23-43-39(46)32-13-6-7-14-33(32)40(43)47/h4-9,11-22,25H,10,23-24H2,1-3H3,(H,41,44). The van der Waals surface area contributed by atoms with Gasteiger partial charge >= 0.3 is 0 Å². The van der Waals surface area contributed by atoms with E-state index in [-0.39, 0.29) is 36.8 Å². The highest BCUT2D eigenvalue weighted by Crippen LogP contribution is 2.30. The van der Waals surface area contributed by atoms with Crippen molar-refractivity contribution in [2.75, 3.05) is 30.4 Å². The Labute approximate surface area is 279 Å². The molecule has 0 fully saturated rings. The molecule has 5 aromatic rings. The fourth-order valence-corrected chi connectivity index (χ4v) is 5.80. The summed E-state index contributed by atoms with van der Waals surface area (Å²) < 4.78 is 6.04. The summed E-state index contributed by atoms with van der Waals surface area (Å²) in [6, 6.07) is 34.7. The molecule has 0 aromatic heterocycles. The van der Waals surface area contributed by atoms with Gasteiger partial charge in [0.05, 0.1) is 23.4 Å². The van der Waals surface area contributed by atoms with E-state index in [1.165, 1.54) is 9.80 Å². The van der Waals surface area contributed by atoms with Crippen LogP contribution in [0.2, 0.25) is 0 Å². The van der Waals surface area contributed by atoms with Gasteiger partial charge in [-0.2, -0.15) is 0 Å². The number of carbonyl (C=O) groups is 4. The maximum absolute atomic E-state index is 13.6. The van der Waals surface area contributed by atoms with Gasteiger partial charge in [-0.15, -0.1) is 0 Å². The molecule has 1 aliphatic rings. The lowest BCUT2D eigenvalue weighted by molar-refractivity contribution is 0.0646. The fourth-order valence-electron chi connectivity index (χ4n) is 5.80. The first-order valence-electron chi connectivity index (χ1n) is 15.8. The maximum Gasteiger partial charge on any atom is 0.261 e. The molecule has 8 heteroatoms. The molecule has 1 heterocycles. The Bertz CT molecular complexity index is 2000. The van der Waals surface area contributed by atoms with Gasteiger partial charge in [-0.25, -0.2) is 0 Å². The van der Waals surface area contributed by atoms with Crippen LogP contribution in [0.15, 0.2) is 115 Å². The summed E-state index contributed by atoms with van der Waals surface area (Å²) in [4.78, 5) is 55.1. The summed E-state index contributed by atoms with van der Waals surface area (Å²) in [6.07, 6.45) is 0.430. The Morgan fingerprint density at radius 2 is 1.38 bits per heavy atom. The summed E-state index contributed by atoms with van der Waals surface area (Å²) >= 11 is 0. The number of aryl methyl sites for hydroxylation is 2. The summed E-state index contributed by atoms with van der Waals surface area (Å²) in [6.45, 7) is 4.34. The van der Waals surface area contributed by atoms with Gasteiger partial charge in [-0.3, -0.25) is 24.1 Å². The zero-order valence-electron chi connectivity index (χ0n) is 27.0. The van der Waals surface area contributed by atoms with Crippen LogP contribution in [-0.2, 0) is 0 Å². The molecule has 1 N–H and O–H groups in total. The lowest BCUT2D eigenvalue weighted by Crippen LogP contribution is -2.31. The summed E-state index contributed by atoms with van der Waals surface area (Å²) in [5.74, 6) is -0.575. The fraction of sp³-hybridized carbons (Fsp3) is 0.150. The SMILES string of the molecule is Cc1ccc(-c2ccccc2C(=O)Nc2ccc(C(=O)N(C)c3ccccc3OCCCN3C(=O)c4ccccc4C3=O)cc2C)cc1. The lowest BCUT2D eigenvalue weighted by atomic mass is 9.98. The average molecular weight is 638 g/mol. The van der Waals surface area contributed by atoms with Crippen molar-refractivity contribution in [3.05, 3.63) is 149 Å². The van der Waals surface area contributed by atoms with Gasteiger partial charge in [0.2, 0.25) is 0 Å². The Balaban J connectivity index is 1.10. The van der Waals surface area contributed by atoms with Crippen molar-refractivity contribution in [1.82, 2.24) is 4.90 Å². The van der Waals surface area contributed by atoms with Crippen LogP contribution >= 0.6 is 0 Å². The number of hydrogen-bond acceptors (Lipinski definition) is 5. The first-order chi connectivity index (χ1) is 23.2. The van der Waals surface area contributed by atoms with Crippen molar-refractivity contribution < 1.29 is 23.9 Å². The molecule has 0 aliphatic carbocycles. The van der Waals surface area contributed by atoms with E-state index in [2.05, 4.69) is 5.32 Å². The number of fused-ring (bicyclic) bond motifs is 1. The van der Waals surface area contributed by atoms with E-state index in [0.29, 0.717) is 45.8 Å². The van der Waals surface area contributed by atoms with Crippen molar-refractivity contribution in [2.24, 2.45) is 0 Å². The molecule has 0 bridgehead atoms. The maximum atomic E-state index is 13.6. The molecule has 240 valence electrons. The molecule has 48 heavy (non-hydrogen) atoms. The van der Waals surface area contributed by atoms with Crippen molar-refractivity contribution in [3.63, 3.8) is 0 Å². The largest absolute Gasteiger partial charge is 0.491 e. The van der Waals surface area contributed by atoms with Gasteiger partial charge in [-0.1, -0.05) is 72.3 Å². The smallest absolute Gasteiger partial charge is 0.261 e. The third-order valence-corrected chi connectivity index (χ3v) is 8.45. The minimum atomic E-state index is -0.297. The molecule has 1 aliphatic heterocycles. The number of amides is 4. The second-order valence-electron chi connectivity index (χ2n) is 11.7. The number of ether oxygens (including phenoxy) is 1. The third kappa shape index (κ3) is 6.46. The van der Waals surface area contributed by atoms with Crippen LogP contribution in [0.4, 0.5) is 11.4 Å². The van der Waals surface area contributed by atoms with Gasteiger partial charge in [0.25, 0.3) is 23.6 Å². The van der Waals surface area contributed by atoms with Crippen LogP contribution in [0.5, 0.6) is 5.75 Å². The van der Waals surface area contributed by atoms with E-state index >= 15 is 0 Å². The predicted molar refractivity (Wildman–Crippen MR) is 187 cm³/mol. The minimum Gasteiger partial charge on any atom is -0.491 e. The molecule has 0 atom stereocenters. The molecular formula is C40H35N3O5. The van der Waals surface area contributed by atoms with E-state index < -0.39 is 0 Å². The van der Waals surface area contributed by atoms with Crippen molar-refractivity contribution >= 4 is 35.0 Å². The summed E-state index contributed by atoms with van der Waals surface area (Å²) in [5, 5.41) is 3.01. The highest BCUT2D eigenvalue weighted by molar-refractivity contribution is 6.21. The Hall–Kier alpha value is -6.02. The normalized spacial score (nSPS) is 12.1.